The summed E-state index contributed by atoms with van der Waals surface area (Å²) >= 11 is 0. The van der Waals surface area contributed by atoms with Crippen LogP contribution in [-0.2, 0) is 33.8 Å². The van der Waals surface area contributed by atoms with Crippen molar-refractivity contribution in [3.8, 4) is 5.75 Å². The second-order valence-electron chi connectivity index (χ2n) is 11.6. The minimum absolute atomic E-state index is 0.157. The van der Waals surface area contributed by atoms with Crippen molar-refractivity contribution in [2.45, 2.75) is 96.5 Å². The number of benzene rings is 2. The Morgan fingerprint density at radius 1 is 1.05 bits per heavy atom. The first-order valence-electron chi connectivity index (χ1n) is 14.9. The van der Waals surface area contributed by atoms with Gasteiger partial charge in [0.25, 0.3) is 5.91 Å². The molecule has 218 valence electrons. The number of aliphatic hydroxyl groups is 2. The van der Waals surface area contributed by atoms with Crippen molar-refractivity contribution in [2.75, 3.05) is 6.61 Å². The van der Waals surface area contributed by atoms with Gasteiger partial charge in [-0.3, -0.25) is 4.79 Å². The van der Waals surface area contributed by atoms with E-state index in [2.05, 4.69) is 18.3 Å². The maximum absolute atomic E-state index is 12.6. The highest BCUT2D eigenvalue weighted by Gasteiger charge is 2.44. The summed E-state index contributed by atoms with van der Waals surface area (Å²) in [7, 11) is 0. The number of aliphatic hydroxyl groups excluding tert-OH is 2. The molecule has 1 unspecified atom stereocenters. The molecule has 0 saturated heterocycles. The monoisotopic (exact) mass is 551 g/mol. The Kier molecular flexibility index (Phi) is 11.0. The highest BCUT2D eigenvalue weighted by atomic mass is 16.5. The van der Waals surface area contributed by atoms with E-state index < -0.39 is 12.0 Å². The van der Waals surface area contributed by atoms with Gasteiger partial charge in [0.05, 0.1) is 12.2 Å². The fourth-order valence-corrected chi connectivity index (χ4v) is 6.44. The summed E-state index contributed by atoms with van der Waals surface area (Å²) in [5.74, 6) is 0.772. The Hall–Kier alpha value is -2.90. The zero-order valence-corrected chi connectivity index (χ0v) is 23.9. The molecule has 40 heavy (non-hydrogen) atoms. The largest absolute Gasteiger partial charge is 0.483 e. The summed E-state index contributed by atoms with van der Waals surface area (Å²) in [4.78, 5) is 24.9. The quantitative estimate of drug-likeness (QED) is 0.231. The Morgan fingerprint density at radius 3 is 2.62 bits per heavy atom. The molecule has 7 nitrogen and oxygen atoms in total. The Labute approximate surface area is 238 Å². The number of fused-ring (bicyclic) bond motifs is 2. The van der Waals surface area contributed by atoms with Crippen LogP contribution in [0.4, 0.5) is 0 Å². The molecule has 1 saturated carbocycles. The lowest BCUT2D eigenvalue weighted by atomic mass is 9.73. The zero-order valence-electron chi connectivity index (χ0n) is 23.9. The van der Waals surface area contributed by atoms with Crippen LogP contribution in [0.3, 0.4) is 0 Å². The van der Waals surface area contributed by atoms with Crippen molar-refractivity contribution in [1.29, 1.82) is 0 Å². The maximum atomic E-state index is 12.6. The minimum Gasteiger partial charge on any atom is -0.483 e. The van der Waals surface area contributed by atoms with E-state index in [4.69, 9.17) is 9.47 Å². The summed E-state index contributed by atoms with van der Waals surface area (Å²) < 4.78 is 11.3. The van der Waals surface area contributed by atoms with Gasteiger partial charge in [-0.25, -0.2) is 4.79 Å². The van der Waals surface area contributed by atoms with Gasteiger partial charge in [0.2, 0.25) is 0 Å². The molecule has 0 bridgehead atoms. The SMILES string of the molecule is CCCCC[C@H](O)CC[C@@H]1[C@H]2Cc3cccc(OCC(=O)NC(C)C(=O)OCc4ccccc4)c3C[C@H]2C[C@H]1O. The molecule has 1 fully saturated rings. The molecular formula is C33H45NO6. The van der Waals surface area contributed by atoms with Crippen molar-refractivity contribution in [3.63, 3.8) is 0 Å². The highest BCUT2D eigenvalue weighted by Crippen LogP contribution is 2.48. The van der Waals surface area contributed by atoms with Gasteiger partial charge in [0, 0.05) is 0 Å². The second-order valence-corrected chi connectivity index (χ2v) is 11.6. The predicted octanol–water partition coefficient (Wildman–Crippen LogP) is 4.75. The van der Waals surface area contributed by atoms with Crippen LogP contribution in [0.2, 0.25) is 0 Å². The minimum atomic E-state index is -0.785. The van der Waals surface area contributed by atoms with Gasteiger partial charge in [-0.15, -0.1) is 0 Å². The molecule has 0 radical (unpaired) electrons. The Balaban J connectivity index is 1.27. The number of hydrogen-bond donors (Lipinski definition) is 3. The van der Waals surface area contributed by atoms with Gasteiger partial charge in [0.1, 0.15) is 18.4 Å². The Morgan fingerprint density at radius 2 is 1.85 bits per heavy atom. The number of hydrogen-bond acceptors (Lipinski definition) is 6. The van der Waals surface area contributed by atoms with Crippen molar-refractivity contribution in [1.82, 2.24) is 5.32 Å². The van der Waals surface area contributed by atoms with Crippen LogP contribution < -0.4 is 10.1 Å². The topological polar surface area (TPSA) is 105 Å². The van der Waals surface area contributed by atoms with Crippen LogP contribution in [0, 0.1) is 17.8 Å². The zero-order chi connectivity index (χ0) is 28.5. The molecule has 2 aromatic rings. The van der Waals surface area contributed by atoms with Gasteiger partial charge in [0.15, 0.2) is 6.61 Å². The van der Waals surface area contributed by atoms with Crippen molar-refractivity contribution >= 4 is 11.9 Å². The number of carbonyl (C=O) groups is 2. The molecule has 7 heteroatoms. The van der Waals surface area contributed by atoms with Crippen LogP contribution in [0.5, 0.6) is 5.75 Å². The smallest absolute Gasteiger partial charge is 0.328 e. The number of rotatable bonds is 14. The normalized spacial score (nSPS) is 23.0. The molecule has 2 aliphatic carbocycles. The summed E-state index contributed by atoms with van der Waals surface area (Å²) in [5.41, 5.74) is 3.20. The lowest BCUT2D eigenvalue weighted by molar-refractivity contribution is -0.148. The van der Waals surface area contributed by atoms with Crippen molar-refractivity contribution < 1.29 is 29.3 Å². The molecule has 4 rings (SSSR count). The second kappa shape index (κ2) is 14.6. The lowest BCUT2D eigenvalue weighted by Crippen LogP contribution is -2.41. The molecule has 3 N–H and O–H groups in total. The first-order valence-corrected chi connectivity index (χ1v) is 14.9. The van der Waals surface area contributed by atoms with E-state index in [0.29, 0.717) is 17.6 Å². The average molecular weight is 552 g/mol. The molecule has 2 aliphatic rings. The molecule has 0 heterocycles. The van der Waals surface area contributed by atoms with Crippen LogP contribution in [0.1, 0.15) is 75.5 Å². The van der Waals surface area contributed by atoms with Gasteiger partial charge < -0.3 is 25.0 Å². The highest BCUT2D eigenvalue weighted by molar-refractivity contribution is 5.85. The standard InChI is InChI=1S/C33H45NO6/c1-3-4-6-13-26(35)15-16-27-28-17-24-12-9-14-31(29(24)18-25(28)19-30(27)36)39-21-32(37)34-22(2)33(38)40-20-23-10-7-5-8-11-23/h5,7-12,14,22,25-28,30,35-36H,3-4,6,13,15-21H2,1-2H3,(H,34,37)/t22?,25-,26-,27+,28-,30+/m0/s1. The average Bonchev–Trinajstić information content (AvgIpc) is 3.26. The van der Waals surface area contributed by atoms with Crippen LogP contribution >= 0.6 is 0 Å². The van der Waals surface area contributed by atoms with Gasteiger partial charge in [-0.2, -0.15) is 0 Å². The molecule has 0 aliphatic heterocycles. The molecule has 6 atom stereocenters. The van der Waals surface area contributed by atoms with E-state index in [0.717, 1.165) is 68.9 Å². The summed E-state index contributed by atoms with van der Waals surface area (Å²) in [5, 5.41) is 24.0. The third-order valence-corrected chi connectivity index (χ3v) is 8.63. The van der Waals surface area contributed by atoms with Gasteiger partial charge in [-0.05, 0) is 86.0 Å². The van der Waals surface area contributed by atoms with Crippen molar-refractivity contribution in [3.05, 3.63) is 65.2 Å². The van der Waals surface area contributed by atoms with E-state index in [1.54, 1.807) is 6.92 Å². The van der Waals surface area contributed by atoms with Gasteiger partial charge in [-0.1, -0.05) is 68.7 Å². The third-order valence-electron chi connectivity index (χ3n) is 8.63. The van der Waals surface area contributed by atoms with E-state index in [-0.39, 0.29) is 37.2 Å². The van der Waals surface area contributed by atoms with Crippen LogP contribution in [-0.4, -0.2) is 46.9 Å². The Bertz CT molecular complexity index is 1110. The van der Waals surface area contributed by atoms with E-state index in [9.17, 15) is 19.8 Å². The number of esters is 1. The number of amides is 1. The summed E-state index contributed by atoms with van der Waals surface area (Å²) in [6.45, 7) is 3.73. The number of ether oxygens (including phenoxy) is 2. The number of carbonyl (C=O) groups excluding carboxylic acids is 2. The first kappa shape index (κ1) is 30.1. The fraction of sp³-hybridized carbons (Fsp3) is 0.576. The predicted molar refractivity (Wildman–Crippen MR) is 154 cm³/mol. The van der Waals surface area contributed by atoms with E-state index in [1.807, 2.05) is 42.5 Å². The molecule has 0 spiro atoms. The van der Waals surface area contributed by atoms with Crippen molar-refractivity contribution in [2.24, 2.45) is 17.8 Å². The van der Waals surface area contributed by atoms with E-state index >= 15 is 0 Å². The fourth-order valence-electron chi connectivity index (χ4n) is 6.44. The van der Waals surface area contributed by atoms with Crippen LogP contribution in [0.15, 0.2) is 48.5 Å². The van der Waals surface area contributed by atoms with Crippen LogP contribution in [0.25, 0.3) is 0 Å². The molecule has 1 amide bonds. The molecule has 0 aromatic heterocycles. The lowest BCUT2D eigenvalue weighted by Gasteiger charge is -2.32. The summed E-state index contributed by atoms with van der Waals surface area (Å²) in [6.07, 6.45) is 7.63. The summed E-state index contributed by atoms with van der Waals surface area (Å²) in [6, 6.07) is 14.6. The molecule has 2 aromatic carbocycles. The molecular weight excluding hydrogens is 506 g/mol. The number of nitrogens with one attached hydrogen (secondary N) is 1. The first-order chi connectivity index (χ1) is 19.4. The van der Waals surface area contributed by atoms with E-state index in [1.165, 1.54) is 5.56 Å². The maximum Gasteiger partial charge on any atom is 0.328 e. The third kappa shape index (κ3) is 8.07. The number of unbranched alkanes of at least 4 members (excludes halogenated alkanes) is 2. The van der Waals surface area contributed by atoms with Gasteiger partial charge >= 0.3 is 5.97 Å².